The van der Waals surface area contributed by atoms with Crippen LogP contribution in [0, 0.1) is 6.08 Å². The molecular formula is C15H16F2N3O3W-. The molecule has 0 aromatic heterocycles. The molecule has 130 valence electrons. The van der Waals surface area contributed by atoms with Gasteiger partial charge in [0.1, 0.15) is 5.91 Å². The first kappa shape index (κ1) is 20.2. The van der Waals surface area contributed by atoms with E-state index in [4.69, 9.17) is 0 Å². The number of piperidine rings is 1. The van der Waals surface area contributed by atoms with E-state index in [1.807, 2.05) is 0 Å². The third-order valence-corrected chi connectivity index (χ3v) is 3.48. The van der Waals surface area contributed by atoms with Crippen molar-refractivity contribution in [1.82, 2.24) is 15.5 Å². The van der Waals surface area contributed by atoms with Crippen LogP contribution in [0.5, 0.6) is 0 Å². The van der Waals surface area contributed by atoms with Crippen LogP contribution in [-0.2, 0) is 35.4 Å². The summed E-state index contributed by atoms with van der Waals surface area (Å²) in [6.07, 6.45) is 3.13. The molecular weight excluding hydrogens is 492 g/mol. The molecule has 0 spiro atoms. The van der Waals surface area contributed by atoms with Gasteiger partial charge in [-0.2, -0.15) is 0 Å². The van der Waals surface area contributed by atoms with Crippen molar-refractivity contribution < 1.29 is 44.2 Å². The fourth-order valence-corrected chi connectivity index (χ4v) is 2.18. The number of hydrogen-bond acceptors (Lipinski definition) is 4. The summed E-state index contributed by atoms with van der Waals surface area (Å²) in [6.45, 7) is 0. The van der Waals surface area contributed by atoms with Gasteiger partial charge < -0.3 is 15.0 Å². The summed E-state index contributed by atoms with van der Waals surface area (Å²) in [5.74, 6) is -3.78. The molecule has 1 fully saturated rings. The van der Waals surface area contributed by atoms with Crippen molar-refractivity contribution in [3.63, 3.8) is 0 Å². The Morgan fingerprint density at radius 1 is 1.38 bits per heavy atom. The predicted octanol–water partition coefficient (Wildman–Crippen LogP) is 0.635. The van der Waals surface area contributed by atoms with Gasteiger partial charge in [0.15, 0.2) is 0 Å². The van der Waals surface area contributed by atoms with E-state index < -0.39 is 41.0 Å². The standard InChI is InChI=1S/C15H16F2N3O3.W/c1-20(2)9-5-8(16)6-10(11(17)7-9)14(22)18-12-3-4-13(21)19-15(12)23;/h7,12H,3-5H2,1-2H3,(H,18,22)(H,19,21,23);/q-1;. The molecule has 2 aliphatic rings. The Hall–Kier alpha value is -1.82. The van der Waals surface area contributed by atoms with E-state index >= 15 is 0 Å². The van der Waals surface area contributed by atoms with Gasteiger partial charge in [0.05, 0.1) is 6.04 Å². The minimum atomic E-state index is -0.967. The average Bonchev–Trinajstić information content (AvgIpc) is 2.61. The third kappa shape index (κ3) is 4.84. The van der Waals surface area contributed by atoms with Gasteiger partial charge in [-0.3, -0.25) is 19.3 Å². The molecule has 9 heteroatoms. The smallest absolute Gasteiger partial charge is 0.248 e. The van der Waals surface area contributed by atoms with E-state index in [9.17, 15) is 23.2 Å². The average molecular weight is 508 g/mol. The first-order valence-electron chi connectivity index (χ1n) is 6.98. The summed E-state index contributed by atoms with van der Waals surface area (Å²) in [6, 6.07) is -0.967. The summed E-state index contributed by atoms with van der Waals surface area (Å²) < 4.78 is 28.0. The molecule has 1 unspecified atom stereocenters. The van der Waals surface area contributed by atoms with Gasteiger partial charge in [0, 0.05) is 65.4 Å². The van der Waals surface area contributed by atoms with Crippen LogP contribution in [0.4, 0.5) is 8.78 Å². The van der Waals surface area contributed by atoms with Crippen LogP contribution >= 0.6 is 0 Å². The number of carbonyl (C=O) groups excluding carboxylic acids is 3. The minimum Gasteiger partial charge on any atom is -0.394 e. The van der Waals surface area contributed by atoms with Crippen molar-refractivity contribution in [2.75, 3.05) is 14.1 Å². The molecule has 1 aliphatic carbocycles. The number of halogens is 2. The molecule has 1 saturated heterocycles. The monoisotopic (exact) mass is 508 g/mol. The van der Waals surface area contributed by atoms with Gasteiger partial charge in [0.25, 0.3) is 0 Å². The van der Waals surface area contributed by atoms with E-state index in [1.54, 1.807) is 14.1 Å². The van der Waals surface area contributed by atoms with E-state index in [1.165, 1.54) is 4.90 Å². The first-order chi connectivity index (χ1) is 10.8. The molecule has 0 bridgehead atoms. The van der Waals surface area contributed by atoms with E-state index in [0.717, 1.165) is 6.08 Å². The second kappa shape index (κ2) is 8.33. The Balaban J connectivity index is 0.00000288. The molecule has 2 rings (SSSR count). The molecule has 0 saturated carbocycles. The predicted molar refractivity (Wildman–Crippen MR) is 76.7 cm³/mol. The molecule has 0 aromatic rings. The largest absolute Gasteiger partial charge is 0.394 e. The molecule has 0 radical (unpaired) electrons. The Morgan fingerprint density at radius 3 is 2.62 bits per heavy atom. The zero-order valence-electron chi connectivity index (χ0n) is 13.1. The zero-order chi connectivity index (χ0) is 17.1. The third-order valence-electron chi connectivity index (χ3n) is 3.48. The molecule has 0 aromatic carbocycles. The van der Waals surface area contributed by atoms with Crippen molar-refractivity contribution in [2.45, 2.75) is 25.3 Å². The molecule has 3 amide bonds. The fraction of sp³-hybridized carbons (Fsp3) is 0.400. The second-order valence-electron chi connectivity index (χ2n) is 5.44. The number of amides is 3. The Kier molecular flexibility index (Phi) is 7.02. The minimum absolute atomic E-state index is 0. The topological polar surface area (TPSA) is 78.5 Å². The van der Waals surface area contributed by atoms with Crippen LogP contribution in [0.3, 0.4) is 0 Å². The van der Waals surface area contributed by atoms with Crippen LogP contribution in [-0.4, -0.2) is 42.8 Å². The molecule has 6 nitrogen and oxygen atoms in total. The van der Waals surface area contributed by atoms with Crippen LogP contribution in [0.1, 0.15) is 19.3 Å². The first-order valence-corrected chi connectivity index (χ1v) is 6.98. The molecule has 1 atom stereocenters. The Morgan fingerprint density at radius 2 is 2.04 bits per heavy atom. The quantitative estimate of drug-likeness (QED) is 0.434. The maximum atomic E-state index is 14.2. The number of nitrogens with one attached hydrogen (secondary N) is 2. The number of rotatable bonds is 3. The van der Waals surface area contributed by atoms with Crippen molar-refractivity contribution in [3.05, 3.63) is 35.1 Å². The van der Waals surface area contributed by atoms with Gasteiger partial charge >= 0.3 is 0 Å². The van der Waals surface area contributed by atoms with Gasteiger partial charge in [-0.15, -0.1) is 6.08 Å². The van der Waals surface area contributed by atoms with Crippen molar-refractivity contribution >= 4 is 17.7 Å². The van der Waals surface area contributed by atoms with Crippen molar-refractivity contribution in [3.8, 4) is 0 Å². The van der Waals surface area contributed by atoms with Gasteiger partial charge in [-0.25, -0.2) is 4.39 Å². The van der Waals surface area contributed by atoms with Crippen molar-refractivity contribution in [2.24, 2.45) is 0 Å². The molecule has 1 heterocycles. The van der Waals surface area contributed by atoms with E-state index in [-0.39, 0.29) is 40.3 Å². The summed E-state index contributed by atoms with van der Waals surface area (Å²) in [4.78, 5) is 36.3. The summed E-state index contributed by atoms with van der Waals surface area (Å²) >= 11 is 0. The normalized spacial score (nSPS) is 21.1. The number of nitrogens with zero attached hydrogens (tertiary/aromatic N) is 1. The molecule has 1 aliphatic heterocycles. The Bertz CT molecular complexity index is 656. The maximum absolute atomic E-state index is 14.2. The van der Waals surface area contributed by atoms with Crippen LogP contribution < -0.4 is 10.6 Å². The second-order valence-corrected chi connectivity index (χ2v) is 5.44. The number of carbonyl (C=O) groups is 3. The number of imide groups is 1. The number of hydrogen-bond donors (Lipinski definition) is 2. The SMILES string of the molecule is CN(C)C1=CC(F)=C(C(=O)NC2CCC(=O)NC2=O)[C-]=C(F)C1.[W]. The fourth-order valence-electron chi connectivity index (χ4n) is 2.18. The summed E-state index contributed by atoms with van der Waals surface area (Å²) in [5, 5.41) is 4.37. The van der Waals surface area contributed by atoms with E-state index in [0.29, 0.717) is 5.70 Å². The van der Waals surface area contributed by atoms with Crippen molar-refractivity contribution in [1.29, 1.82) is 0 Å². The Labute approximate surface area is 152 Å². The van der Waals surface area contributed by atoms with Crippen LogP contribution in [0.15, 0.2) is 29.0 Å². The zero-order valence-corrected chi connectivity index (χ0v) is 16.0. The van der Waals surface area contributed by atoms with Gasteiger partial charge in [0.2, 0.25) is 11.8 Å². The molecule has 2 N–H and O–H groups in total. The molecule has 24 heavy (non-hydrogen) atoms. The van der Waals surface area contributed by atoms with Gasteiger partial charge in [-0.1, -0.05) is 11.6 Å². The number of allylic oxidation sites excluding steroid dienone is 3. The van der Waals surface area contributed by atoms with Gasteiger partial charge in [-0.05, 0) is 6.42 Å². The summed E-state index contributed by atoms with van der Waals surface area (Å²) in [5.41, 5.74) is -0.264. The maximum Gasteiger partial charge on any atom is 0.248 e. The van der Waals surface area contributed by atoms with Crippen LogP contribution in [0.25, 0.3) is 0 Å². The van der Waals surface area contributed by atoms with Crippen LogP contribution in [0.2, 0.25) is 0 Å². The van der Waals surface area contributed by atoms with E-state index in [2.05, 4.69) is 16.7 Å². The summed E-state index contributed by atoms with van der Waals surface area (Å²) in [7, 11) is 3.25.